The van der Waals surface area contributed by atoms with E-state index in [2.05, 4.69) is 9.47 Å². The van der Waals surface area contributed by atoms with Crippen LogP contribution >= 0.6 is 0 Å². The molecule has 1 aromatic carbocycles. The van der Waals surface area contributed by atoms with Crippen LogP contribution in [0.4, 0.5) is 0 Å². The highest BCUT2D eigenvalue weighted by atomic mass is 16.5. The minimum absolute atomic E-state index is 0.179. The van der Waals surface area contributed by atoms with Gasteiger partial charge in [-0.25, -0.2) is 4.79 Å². The highest BCUT2D eigenvalue weighted by Gasteiger charge is 2.05. The molecule has 0 heterocycles. The molecule has 0 unspecified atom stereocenters. The van der Waals surface area contributed by atoms with Crippen LogP contribution in [0.1, 0.15) is 11.1 Å². The first-order chi connectivity index (χ1) is 8.17. The SMILES string of the molecule is COC(=O)C=Cc1ccccc1CC(=O)OC. The zero-order valence-electron chi connectivity index (χ0n) is 9.80. The van der Waals surface area contributed by atoms with Gasteiger partial charge in [-0.15, -0.1) is 0 Å². The molecule has 0 fully saturated rings. The molecule has 0 bridgehead atoms. The molecule has 90 valence electrons. The molecule has 17 heavy (non-hydrogen) atoms. The molecule has 0 saturated carbocycles. The van der Waals surface area contributed by atoms with Gasteiger partial charge >= 0.3 is 11.9 Å². The molecule has 0 aliphatic heterocycles. The Morgan fingerprint density at radius 2 is 1.88 bits per heavy atom. The van der Waals surface area contributed by atoms with E-state index in [0.29, 0.717) is 0 Å². The number of hydrogen-bond acceptors (Lipinski definition) is 4. The highest BCUT2D eigenvalue weighted by Crippen LogP contribution is 2.12. The maximum Gasteiger partial charge on any atom is 0.330 e. The van der Waals surface area contributed by atoms with Crippen LogP contribution in [0.15, 0.2) is 30.3 Å². The van der Waals surface area contributed by atoms with Crippen molar-refractivity contribution in [2.24, 2.45) is 0 Å². The van der Waals surface area contributed by atoms with Crippen molar-refractivity contribution in [2.75, 3.05) is 14.2 Å². The highest BCUT2D eigenvalue weighted by molar-refractivity contribution is 5.87. The van der Waals surface area contributed by atoms with Gasteiger partial charge in [0, 0.05) is 6.08 Å². The van der Waals surface area contributed by atoms with Crippen LogP contribution in [0, 0.1) is 0 Å². The molecule has 0 saturated heterocycles. The van der Waals surface area contributed by atoms with Crippen LogP contribution in [0.25, 0.3) is 6.08 Å². The molecule has 0 aliphatic carbocycles. The monoisotopic (exact) mass is 234 g/mol. The van der Waals surface area contributed by atoms with Crippen molar-refractivity contribution in [3.05, 3.63) is 41.5 Å². The molecular weight excluding hydrogens is 220 g/mol. The average Bonchev–Trinajstić information content (AvgIpc) is 2.37. The summed E-state index contributed by atoms with van der Waals surface area (Å²) in [5, 5.41) is 0. The minimum Gasteiger partial charge on any atom is -0.469 e. The molecule has 1 rings (SSSR count). The van der Waals surface area contributed by atoms with E-state index < -0.39 is 5.97 Å². The molecular formula is C13H14O4. The Morgan fingerprint density at radius 1 is 1.18 bits per heavy atom. The van der Waals surface area contributed by atoms with Gasteiger partial charge in [0.05, 0.1) is 20.6 Å². The van der Waals surface area contributed by atoms with Gasteiger partial charge in [0.1, 0.15) is 0 Å². The molecule has 4 heteroatoms. The van der Waals surface area contributed by atoms with Gasteiger partial charge in [0.25, 0.3) is 0 Å². The first kappa shape index (κ1) is 13.0. The molecule has 4 nitrogen and oxygen atoms in total. The molecule has 0 atom stereocenters. The molecule has 0 radical (unpaired) electrons. The summed E-state index contributed by atoms with van der Waals surface area (Å²) in [6.45, 7) is 0. The third kappa shape index (κ3) is 4.10. The van der Waals surface area contributed by atoms with E-state index in [4.69, 9.17) is 0 Å². The molecule has 0 aromatic heterocycles. The summed E-state index contributed by atoms with van der Waals surface area (Å²) in [4.78, 5) is 22.2. The van der Waals surface area contributed by atoms with Gasteiger partial charge in [0.2, 0.25) is 0 Å². The van der Waals surface area contributed by atoms with E-state index in [0.717, 1.165) is 11.1 Å². The zero-order valence-corrected chi connectivity index (χ0v) is 9.80. The Kier molecular flexibility index (Phi) is 4.94. The van der Waals surface area contributed by atoms with E-state index in [1.54, 1.807) is 6.08 Å². The summed E-state index contributed by atoms with van der Waals surface area (Å²) in [7, 11) is 2.66. The lowest BCUT2D eigenvalue weighted by molar-refractivity contribution is -0.139. The fraction of sp³-hybridized carbons (Fsp3) is 0.231. The Balaban J connectivity index is 2.88. The number of rotatable bonds is 4. The molecule has 0 N–H and O–H groups in total. The second kappa shape index (κ2) is 6.48. The van der Waals surface area contributed by atoms with E-state index >= 15 is 0 Å². The quantitative estimate of drug-likeness (QED) is 0.586. The Labute approximate surface area is 99.8 Å². The number of carbonyl (C=O) groups excluding carboxylic acids is 2. The lowest BCUT2D eigenvalue weighted by Gasteiger charge is -2.04. The van der Waals surface area contributed by atoms with E-state index in [-0.39, 0.29) is 12.4 Å². The number of hydrogen-bond donors (Lipinski definition) is 0. The van der Waals surface area contributed by atoms with Crippen LogP contribution in [0.5, 0.6) is 0 Å². The van der Waals surface area contributed by atoms with Gasteiger partial charge in [-0.1, -0.05) is 24.3 Å². The predicted octanol–water partition coefficient (Wildman–Crippen LogP) is 1.59. The number of methoxy groups -OCH3 is 2. The fourth-order valence-corrected chi connectivity index (χ4v) is 1.31. The minimum atomic E-state index is -0.433. The van der Waals surface area contributed by atoms with Crippen LogP contribution < -0.4 is 0 Å². The van der Waals surface area contributed by atoms with Gasteiger partial charge in [-0.3, -0.25) is 4.79 Å². The number of ether oxygens (including phenoxy) is 2. The maximum absolute atomic E-state index is 11.2. The second-order valence-electron chi connectivity index (χ2n) is 3.31. The van der Waals surface area contributed by atoms with Crippen molar-refractivity contribution >= 4 is 18.0 Å². The fourth-order valence-electron chi connectivity index (χ4n) is 1.31. The van der Waals surface area contributed by atoms with Gasteiger partial charge in [0.15, 0.2) is 0 Å². The molecule has 0 amide bonds. The van der Waals surface area contributed by atoms with Crippen LogP contribution in [-0.2, 0) is 25.5 Å². The third-order valence-electron chi connectivity index (χ3n) is 2.22. The largest absolute Gasteiger partial charge is 0.469 e. The summed E-state index contributed by atoms with van der Waals surface area (Å²) in [5.74, 6) is -0.748. The van der Waals surface area contributed by atoms with Crippen molar-refractivity contribution < 1.29 is 19.1 Å². The van der Waals surface area contributed by atoms with Gasteiger partial charge in [-0.05, 0) is 17.2 Å². The number of carbonyl (C=O) groups is 2. The van der Waals surface area contributed by atoms with Gasteiger partial charge in [-0.2, -0.15) is 0 Å². The summed E-state index contributed by atoms with van der Waals surface area (Å²) < 4.78 is 9.10. The third-order valence-corrected chi connectivity index (χ3v) is 2.22. The predicted molar refractivity (Wildman–Crippen MR) is 63.2 cm³/mol. The first-order valence-corrected chi connectivity index (χ1v) is 5.08. The Bertz CT molecular complexity index is 435. The average molecular weight is 234 g/mol. The smallest absolute Gasteiger partial charge is 0.330 e. The van der Waals surface area contributed by atoms with E-state index in [1.165, 1.54) is 20.3 Å². The lowest BCUT2D eigenvalue weighted by atomic mass is 10.0. The second-order valence-corrected chi connectivity index (χ2v) is 3.31. The number of benzene rings is 1. The van der Waals surface area contributed by atoms with E-state index in [9.17, 15) is 9.59 Å². The van der Waals surface area contributed by atoms with Crippen LogP contribution in [-0.4, -0.2) is 26.2 Å². The van der Waals surface area contributed by atoms with E-state index in [1.807, 2.05) is 24.3 Å². The van der Waals surface area contributed by atoms with Crippen molar-refractivity contribution in [3.63, 3.8) is 0 Å². The van der Waals surface area contributed by atoms with Crippen molar-refractivity contribution in [1.82, 2.24) is 0 Å². The zero-order chi connectivity index (χ0) is 12.7. The Hall–Kier alpha value is -2.10. The maximum atomic E-state index is 11.2. The van der Waals surface area contributed by atoms with Crippen molar-refractivity contribution in [2.45, 2.75) is 6.42 Å². The lowest BCUT2D eigenvalue weighted by Crippen LogP contribution is -2.05. The summed E-state index contributed by atoms with van der Waals surface area (Å²) in [5.41, 5.74) is 1.60. The summed E-state index contributed by atoms with van der Waals surface area (Å²) in [6.07, 6.45) is 3.11. The first-order valence-electron chi connectivity index (χ1n) is 5.08. The standard InChI is InChI=1S/C13H14O4/c1-16-12(14)8-7-10-5-3-4-6-11(10)9-13(15)17-2/h3-8H,9H2,1-2H3. The topological polar surface area (TPSA) is 52.6 Å². The molecule has 0 spiro atoms. The van der Waals surface area contributed by atoms with Crippen molar-refractivity contribution in [3.8, 4) is 0 Å². The molecule has 1 aromatic rings. The van der Waals surface area contributed by atoms with Crippen molar-refractivity contribution in [1.29, 1.82) is 0 Å². The van der Waals surface area contributed by atoms with Crippen LogP contribution in [0.3, 0.4) is 0 Å². The molecule has 0 aliphatic rings. The Morgan fingerprint density at radius 3 is 2.53 bits per heavy atom. The summed E-state index contributed by atoms with van der Waals surface area (Å²) in [6, 6.07) is 7.29. The normalized spacial score (nSPS) is 10.2. The van der Waals surface area contributed by atoms with Gasteiger partial charge < -0.3 is 9.47 Å². The summed E-state index contributed by atoms with van der Waals surface area (Å²) >= 11 is 0. The van der Waals surface area contributed by atoms with Crippen LogP contribution in [0.2, 0.25) is 0 Å². The number of esters is 2.